The third kappa shape index (κ3) is 4.15. The van der Waals surface area contributed by atoms with Gasteiger partial charge in [0.2, 0.25) is 0 Å². The highest BCUT2D eigenvalue weighted by Gasteiger charge is 2.27. The SMILES string of the molecule is CCC(C)c1ccc(C(C)(C)CC(C)(C)C)cc1. The van der Waals surface area contributed by atoms with Gasteiger partial charge in [-0.3, -0.25) is 0 Å². The van der Waals surface area contributed by atoms with Crippen LogP contribution in [0.5, 0.6) is 0 Å². The predicted molar refractivity (Wildman–Crippen MR) is 82.2 cm³/mol. The van der Waals surface area contributed by atoms with Gasteiger partial charge in [0, 0.05) is 0 Å². The molecule has 0 heteroatoms. The van der Waals surface area contributed by atoms with Crippen LogP contribution >= 0.6 is 0 Å². The molecule has 1 rings (SSSR count). The molecule has 0 saturated carbocycles. The fourth-order valence-corrected chi connectivity index (χ4v) is 2.93. The van der Waals surface area contributed by atoms with Gasteiger partial charge in [-0.15, -0.1) is 0 Å². The van der Waals surface area contributed by atoms with E-state index in [-0.39, 0.29) is 5.41 Å². The Labute approximate surface area is 114 Å². The largest absolute Gasteiger partial charge is 0.0648 e. The first-order chi connectivity index (χ1) is 8.15. The molecule has 0 heterocycles. The molecule has 0 N–H and O–H groups in total. The van der Waals surface area contributed by atoms with E-state index in [0.29, 0.717) is 11.3 Å². The molecule has 0 radical (unpaired) electrons. The van der Waals surface area contributed by atoms with E-state index in [4.69, 9.17) is 0 Å². The Kier molecular flexibility index (Phi) is 4.64. The topological polar surface area (TPSA) is 0 Å². The van der Waals surface area contributed by atoms with Gasteiger partial charge in [0.15, 0.2) is 0 Å². The Morgan fingerprint density at radius 3 is 1.83 bits per heavy atom. The Hall–Kier alpha value is -0.780. The Balaban J connectivity index is 2.90. The van der Waals surface area contributed by atoms with Crippen molar-refractivity contribution in [2.24, 2.45) is 5.41 Å². The quantitative estimate of drug-likeness (QED) is 0.619. The molecule has 0 bridgehead atoms. The highest BCUT2D eigenvalue weighted by atomic mass is 14.3. The van der Waals surface area contributed by atoms with E-state index in [2.05, 4.69) is 72.7 Å². The van der Waals surface area contributed by atoms with Crippen LogP contribution in [-0.4, -0.2) is 0 Å². The minimum absolute atomic E-state index is 0.256. The number of hydrogen-bond acceptors (Lipinski definition) is 0. The molecular weight excluding hydrogens is 216 g/mol. The molecule has 0 nitrogen and oxygen atoms in total. The molecule has 102 valence electrons. The molecule has 0 aliphatic rings. The molecule has 0 spiro atoms. The average molecular weight is 246 g/mol. The maximum Gasteiger partial charge on any atom is -0.00986 e. The number of benzene rings is 1. The van der Waals surface area contributed by atoms with E-state index in [1.54, 1.807) is 0 Å². The summed E-state index contributed by atoms with van der Waals surface area (Å²) in [5.41, 5.74) is 3.56. The molecule has 1 atom stereocenters. The van der Waals surface area contributed by atoms with Crippen molar-refractivity contribution in [2.45, 2.75) is 72.6 Å². The first-order valence-corrected chi connectivity index (χ1v) is 7.26. The first kappa shape index (κ1) is 15.3. The van der Waals surface area contributed by atoms with Crippen molar-refractivity contribution in [3.8, 4) is 0 Å². The predicted octanol–water partition coefficient (Wildman–Crippen LogP) is 5.91. The molecule has 1 aromatic rings. The molecule has 1 aromatic carbocycles. The maximum atomic E-state index is 2.36. The summed E-state index contributed by atoms with van der Waals surface area (Å²) >= 11 is 0. The average Bonchev–Trinajstić information content (AvgIpc) is 2.25. The third-order valence-electron chi connectivity index (χ3n) is 3.85. The van der Waals surface area contributed by atoms with Gasteiger partial charge in [0.05, 0.1) is 0 Å². The van der Waals surface area contributed by atoms with Gasteiger partial charge < -0.3 is 0 Å². The van der Waals surface area contributed by atoms with Crippen molar-refractivity contribution in [1.82, 2.24) is 0 Å². The van der Waals surface area contributed by atoms with Crippen LogP contribution in [0.1, 0.15) is 78.4 Å². The van der Waals surface area contributed by atoms with Crippen molar-refractivity contribution < 1.29 is 0 Å². The van der Waals surface area contributed by atoms with Crippen molar-refractivity contribution in [1.29, 1.82) is 0 Å². The van der Waals surface area contributed by atoms with E-state index >= 15 is 0 Å². The van der Waals surface area contributed by atoms with Crippen molar-refractivity contribution in [3.63, 3.8) is 0 Å². The normalized spacial score (nSPS) is 14.6. The van der Waals surface area contributed by atoms with Gasteiger partial charge in [0.25, 0.3) is 0 Å². The molecular formula is C18H30. The Morgan fingerprint density at radius 2 is 1.44 bits per heavy atom. The van der Waals surface area contributed by atoms with Gasteiger partial charge in [-0.25, -0.2) is 0 Å². The van der Waals surface area contributed by atoms with Crippen LogP contribution in [0.15, 0.2) is 24.3 Å². The Bertz CT molecular complexity index is 362. The monoisotopic (exact) mass is 246 g/mol. The second kappa shape index (κ2) is 5.47. The fraction of sp³-hybridized carbons (Fsp3) is 0.667. The minimum Gasteiger partial charge on any atom is -0.0648 e. The molecule has 0 aromatic heterocycles. The molecule has 1 unspecified atom stereocenters. The fourth-order valence-electron chi connectivity index (χ4n) is 2.93. The van der Waals surface area contributed by atoms with Crippen molar-refractivity contribution in [3.05, 3.63) is 35.4 Å². The zero-order valence-corrected chi connectivity index (χ0v) is 13.3. The lowest BCUT2D eigenvalue weighted by atomic mass is 9.72. The second-order valence-corrected chi connectivity index (χ2v) is 7.55. The summed E-state index contributed by atoms with van der Waals surface area (Å²) in [6.45, 7) is 16.2. The lowest BCUT2D eigenvalue weighted by molar-refractivity contribution is 0.284. The van der Waals surface area contributed by atoms with E-state index in [1.165, 1.54) is 24.0 Å². The maximum absolute atomic E-state index is 2.36. The van der Waals surface area contributed by atoms with Crippen LogP contribution in [0, 0.1) is 5.41 Å². The lowest BCUT2D eigenvalue weighted by Gasteiger charge is -2.33. The minimum atomic E-state index is 0.256. The second-order valence-electron chi connectivity index (χ2n) is 7.55. The van der Waals surface area contributed by atoms with Crippen LogP contribution in [0.25, 0.3) is 0 Å². The van der Waals surface area contributed by atoms with E-state index in [0.717, 1.165) is 0 Å². The van der Waals surface area contributed by atoms with Crippen LogP contribution in [-0.2, 0) is 5.41 Å². The van der Waals surface area contributed by atoms with Crippen LogP contribution in [0.3, 0.4) is 0 Å². The zero-order chi connectivity index (χ0) is 14.0. The summed E-state index contributed by atoms with van der Waals surface area (Å²) in [5, 5.41) is 0. The summed E-state index contributed by atoms with van der Waals surface area (Å²) in [7, 11) is 0. The molecule has 0 saturated heterocycles. The van der Waals surface area contributed by atoms with E-state index in [1.807, 2.05) is 0 Å². The summed E-state index contributed by atoms with van der Waals surface area (Å²) in [6, 6.07) is 9.28. The van der Waals surface area contributed by atoms with Crippen LogP contribution in [0.4, 0.5) is 0 Å². The van der Waals surface area contributed by atoms with E-state index in [9.17, 15) is 0 Å². The summed E-state index contributed by atoms with van der Waals surface area (Å²) in [6.07, 6.45) is 2.42. The zero-order valence-electron chi connectivity index (χ0n) is 13.3. The molecule has 18 heavy (non-hydrogen) atoms. The Morgan fingerprint density at radius 1 is 0.944 bits per heavy atom. The summed E-state index contributed by atoms with van der Waals surface area (Å²) < 4.78 is 0. The third-order valence-corrected chi connectivity index (χ3v) is 3.85. The van der Waals surface area contributed by atoms with Gasteiger partial charge in [-0.2, -0.15) is 0 Å². The highest BCUT2D eigenvalue weighted by molar-refractivity contribution is 5.30. The molecule has 0 aliphatic carbocycles. The first-order valence-electron chi connectivity index (χ1n) is 7.26. The molecule has 0 amide bonds. The lowest BCUT2D eigenvalue weighted by Crippen LogP contribution is -2.24. The van der Waals surface area contributed by atoms with Gasteiger partial charge in [-0.1, -0.05) is 72.7 Å². The number of rotatable bonds is 4. The van der Waals surface area contributed by atoms with Gasteiger partial charge >= 0.3 is 0 Å². The highest BCUT2D eigenvalue weighted by Crippen LogP contribution is 2.36. The van der Waals surface area contributed by atoms with Crippen LogP contribution in [0.2, 0.25) is 0 Å². The smallest absolute Gasteiger partial charge is 0.00986 e. The standard InChI is InChI=1S/C18H30/c1-8-14(2)15-9-11-16(12-10-15)18(6,7)13-17(3,4)5/h9-12,14H,8,13H2,1-7H3. The van der Waals surface area contributed by atoms with E-state index < -0.39 is 0 Å². The van der Waals surface area contributed by atoms with Crippen LogP contribution < -0.4 is 0 Å². The van der Waals surface area contributed by atoms with Crippen molar-refractivity contribution >= 4 is 0 Å². The summed E-state index contributed by atoms with van der Waals surface area (Å²) in [4.78, 5) is 0. The summed E-state index contributed by atoms with van der Waals surface area (Å²) in [5.74, 6) is 0.671. The molecule has 0 aliphatic heterocycles. The number of hydrogen-bond donors (Lipinski definition) is 0. The van der Waals surface area contributed by atoms with Crippen molar-refractivity contribution in [2.75, 3.05) is 0 Å². The van der Waals surface area contributed by atoms with Gasteiger partial charge in [-0.05, 0) is 40.7 Å². The van der Waals surface area contributed by atoms with Gasteiger partial charge in [0.1, 0.15) is 0 Å². The molecule has 0 fully saturated rings.